The van der Waals surface area contributed by atoms with Crippen LogP contribution in [0.25, 0.3) is 5.69 Å². The van der Waals surface area contributed by atoms with Gasteiger partial charge in [-0.1, -0.05) is 24.3 Å². The highest BCUT2D eigenvalue weighted by atomic mass is 19.1. The molecule has 0 spiro atoms. The Balaban J connectivity index is 1.33. The Bertz CT molecular complexity index is 1030. The number of aliphatic imine (C=N–C) groups is 1. The predicted octanol–water partition coefficient (Wildman–Crippen LogP) is 3.51. The van der Waals surface area contributed by atoms with Gasteiger partial charge in [-0.15, -0.1) is 0 Å². The topological polar surface area (TPSA) is 54.7 Å². The second-order valence-corrected chi connectivity index (χ2v) is 7.61. The van der Waals surface area contributed by atoms with Crippen molar-refractivity contribution < 1.29 is 9.13 Å². The number of halogens is 1. The molecule has 0 radical (unpaired) electrons. The minimum absolute atomic E-state index is 0.0416. The van der Waals surface area contributed by atoms with E-state index < -0.39 is 0 Å². The number of hydrogen-bond donors (Lipinski definition) is 1. The molecule has 1 saturated heterocycles. The summed E-state index contributed by atoms with van der Waals surface area (Å²) >= 11 is 0. The van der Waals surface area contributed by atoms with Crippen LogP contribution in [0.3, 0.4) is 0 Å². The third-order valence-corrected chi connectivity index (χ3v) is 5.51. The molecule has 1 aromatic heterocycles. The van der Waals surface area contributed by atoms with Gasteiger partial charge in [0, 0.05) is 32.8 Å². The normalized spacial score (nSPS) is 17.1. The molecule has 2 heterocycles. The lowest BCUT2D eigenvalue weighted by Crippen LogP contribution is -2.48. The smallest absolute Gasteiger partial charge is 0.193 e. The van der Waals surface area contributed by atoms with Gasteiger partial charge in [-0.05, 0) is 48.4 Å². The first kappa shape index (κ1) is 21.1. The van der Waals surface area contributed by atoms with Crippen LogP contribution >= 0.6 is 0 Å². The van der Waals surface area contributed by atoms with Gasteiger partial charge in [-0.3, -0.25) is 4.99 Å². The van der Waals surface area contributed by atoms with E-state index in [0.717, 1.165) is 43.4 Å². The van der Waals surface area contributed by atoms with Gasteiger partial charge >= 0.3 is 0 Å². The summed E-state index contributed by atoms with van der Waals surface area (Å²) in [5, 5.41) is 8.04. The molecule has 1 atom stereocenters. The first-order valence-electron chi connectivity index (χ1n) is 10.6. The molecule has 1 N–H and O–H groups in total. The second-order valence-electron chi connectivity index (χ2n) is 7.61. The van der Waals surface area contributed by atoms with Crippen LogP contribution in [0, 0.1) is 12.7 Å². The van der Waals surface area contributed by atoms with Gasteiger partial charge in [0.1, 0.15) is 11.9 Å². The SMILES string of the molecule is CN=C(NCCc1ccn(-c2ccc(F)cc2)n1)N1CCOC(c2ccccc2C)C1. The van der Waals surface area contributed by atoms with Crippen LogP contribution in [0.2, 0.25) is 0 Å². The minimum atomic E-state index is -0.250. The molecule has 1 aliphatic rings. The summed E-state index contributed by atoms with van der Waals surface area (Å²) in [6.07, 6.45) is 2.70. The number of guanidine groups is 1. The first-order chi connectivity index (χ1) is 15.1. The molecule has 7 heteroatoms. The van der Waals surface area contributed by atoms with Gasteiger partial charge in [0.05, 0.1) is 24.5 Å². The monoisotopic (exact) mass is 421 g/mol. The van der Waals surface area contributed by atoms with Gasteiger partial charge in [-0.2, -0.15) is 5.10 Å². The molecule has 6 nitrogen and oxygen atoms in total. The van der Waals surface area contributed by atoms with E-state index in [4.69, 9.17) is 4.74 Å². The quantitative estimate of drug-likeness (QED) is 0.506. The average molecular weight is 422 g/mol. The molecule has 1 unspecified atom stereocenters. The lowest BCUT2D eigenvalue weighted by molar-refractivity contribution is -0.00829. The Morgan fingerprint density at radius 2 is 2.00 bits per heavy atom. The van der Waals surface area contributed by atoms with Crippen molar-refractivity contribution in [1.82, 2.24) is 20.0 Å². The van der Waals surface area contributed by atoms with E-state index in [1.165, 1.54) is 23.3 Å². The lowest BCUT2D eigenvalue weighted by atomic mass is 10.0. The van der Waals surface area contributed by atoms with Crippen molar-refractivity contribution in [2.75, 3.05) is 33.3 Å². The molecular weight excluding hydrogens is 393 g/mol. The molecule has 1 aliphatic heterocycles. The fraction of sp³-hybridized carbons (Fsp3) is 0.333. The predicted molar refractivity (Wildman–Crippen MR) is 120 cm³/mol. The Morgan fingerprint density at radius 3 is 2.77 bits per heavy atom. The number of ether oxygens (including phenoxy) is 1. The van der Waals surface area contributed by atoms with E-state index in [-0.39, 0.29) is 11.9 Å². The molecule has 2 aromatic carbocycles. The van der Waals surface area contributed by atoms with Crippen molar-refractivity contribution in [3.05, 3.63) is 83.4 Å². The number of rotatable bonds is 5. The number of morpholine rings is 1. The van der Waals surface area contributed by atoms with Gasteiger partial charge in [0.25, 0.3) is 0 Å². The zero-order chi connectivity index (χ0) is 21.6. The van der Waals surface area contributed by atoms with Crippen molar-refractivity contribution in [3.63, 3.8) is 0 Å². The number of aryl methyl sites for hydroxylation is 1. The van der Waals surface area contributed by atoms with Crippen molar-refractivity contribution in [2.45, 2.75) is 19.4 Å². The lowest BCUT2D eigenvalue weighted by Gasteiger charge is -2.35. The van der Waals surface area contributed by atoms with Crippen molar-refractivity contribution in [3.8, 4) is 5.69 Å². The summed E-state index contributed by atoms with van der Waals surface area (Å²) in [5.41, 5.74) is 4.28. The maximum atomic E-state index is 13.1. The van der Waals surface area contributed by atoms with E-state index in [9.17, 15) is 4.39 Å². The zero-order valence-corrected chi connectivity index (χ0v) is 18.0. The first-order valence-corrected chi connectivity index (χ1v) is 10.6. The summed E-state index contributed by atoms with van der Waals surface area (Å²) in [6.45, 7) is 5.09. The van der Waals surface area contributed by atoms with Gasteiger partial charge in [0.15, 0.2) is 5.96 Å². The van der Waals surface area contributed by atoms with Crippen LogP contribution in [0.1, 0.15) is 22.9 Å². The maximum Gasteiger partial charge on any atom is 0.193 e. The second kappa shape index (κ2) is 9.75. The summed E-state index contributed by atoms with van der Waals surface area (Å²) < 4.78 is 20.9. The standard InChI is InChI=1S/C24H28FN5O/c1-18-5-3-4-6-22(18)23-17-29(15-16-31-23)24(26-2)27-13-11-20-12-14-30(28-20)21-9-7-19(25)8-10-21/h3-10,12,14,23H,11,13,15-17H2,1-2H3,(H,26,27). The number of hydrogen-bond acceptors (Lipinski definition) is 3. The molecule has 162 valence electrons. The molecule has 1 fully saturated rings. The number of nitrogens with one attached hydrogen (secondary N) is 1. The van der Waals surface area contributed by atoms with E-state index in [1.54, 1.807) is 16.8 Å². The summed E-state index contributed by atoms with van der Waals surface area (Å²) in [4.78, 5) is 6.72. The number of nitrogens with zero attached hydrogens (tertiary/aromatic N) is 4. The Hall–Kier alpha value is -3.19. The van der Waals surface area contributed by atoms with E-state index in [2.05, 4.69) is 51.5 Å². The molecular formula is C24H28FN5O. The number of benzene rings is 2. The van der Waals surface area contributed by atoms with Crippen molar-refractivity contribution in [2.24, 2.45) is 4.99 Å². The molecule has 4 rings (SSSR count). The minimum Gasteiger partial charge on any atom is -0.370 e. The van der Waals surface area contributed by atoms with Crippen LogP contribution in [-0.4, -0.2) is 53.9 Å². The summed E-state index contributed by atoms with van der Waals surface area (Å²) in [5.74, 6) is 0.624. The third kappa shape index (κ3) is 5.11. The highest BCUT2D eigenvalue weighted by molar-refractivity contribution is 5.80. The van der Waals surface area contributed by atoms with Crippen LogP contribution < -0.4 is 5.32 Å². The zero-order valence-electron chi connectivity index (χ0n) is 18.0. The van der Waals surface area contributed by atoms with Gasteiger partial charge in [-0.25, -0.2) is 9.07 Å². The van der Waals surface area contributed by atoms with Crippen LogP contribution in [-0.2, 0) is 11.2 Å². The fourth-order valence-electron chi connectivity index (χ4n) is 3.85. The summed E-state index contributed by atoms with van der Waals surface area (Å²) in [6, 6.07) is 16.7. The van der Waals surface area contributed by atoms with Crippen LogP contribution in [0.5, 0.6) is 0 Å². The number of aromatic nitrogens is 2. The van der Waals surface area contributed by atoms with Crippen molar-refractivity contribution in [1.29, 1.82) is 0 Å². The molecule has 0 saturated carbocycles. The Kier molecular flexibility index (Phi) is 6.62. The van der Waals surface area contributed by atoms with Crippen LogP contribution in [0.4, 0.5) is 4.39 Å². The molecule has 0 bridgehead atoms. The summed E-state index contributed by atoms with van der Waals surface area (Å²) in [7, 11) is 1.81. The highest BCUT2D eigenvalue weighted by Gasteiger charge is 2.25. The van der Waals surface area contributed by atoms with E-state index in [0.29, 0.717) is 6.61 Å². The Labute approximate surface area is 182 Å². The third-order valence-electron chi connectivity index (χ3n) is 5.51. The Morgan fingerprint density at radius 1 is 1.19 bits per heavy atom. The molecule has 0 amide bonds. The van der Waals surface area contributed by atoms with E-state index in [1.807, 2.05) is 19.3 Å². The van der Waals surface area contributed by atoms with Gasteiger partial charge in [0.2, 0.25) is 0 Å². The fourth-order valence-corrected chi connectivity index (χ4v) is 3.85. The average Bonchev–Trinajstić information content (AvgIpc) is 3.26. The highest BCUT2D eigenvalue weighted by Crippen LogP contribution is 2.25. The van der Waals surface area contributed by atoms with Gasteiger partial charge < -0.3 is 15.0 Å². The maximum absolute atomic E-state index is 13.1. The van der Waals surface area contributed by atoms with Crippen molar-refractivity contribution >= 4 is 5.96 Å². The molecule has 0 aliphatic carbocycles. The molecule has 31 heavy (non-hydrogen) atoms. The van der Waals surface area contributed by atoms with E-state index >= 15 is 0 Å². The molecule has 3 aromatic rings. The largest absolute Gasteiger partial charge is 0.370 e. The van der Waals surface area contributed by atoms with Crippen LogP contribution in [0.15, 0.2) is 65.8 Å².